The molecule has 3 rings (SSSR count). The van der Waals surface area contributed by atoms with E-state index in [1.165, 1.54) is 0 Å². The fraction of sp³-hybridized carbons (Fsp3) is 0.476. The van der Waals surface area contributed by atoms with Crippen LogP contribution in [0.15, 0.2) is 40.3 Å². The molecule has 0 aliphatic heterocycles. The first-order valence-corrected chi connectivity index (χ1v) is 11.3. The molecule has 5 N–H and O–H groups in total. The standard InChI is InChI=1S/C21H28ClN5O2S/c1-12(2)18(23)20(28)29-15-7-5-14(6-8-15)26-19-17(11-25-21(24)27-19)30-16-9-3-13(22)4-10-16/h3-4,9-12,14-15,18H,5-8,23H2,1-2H3,(H3,24,25,26,27)/t14-,15-,18-/m0/s1. The van der Waals surface area contributed by atoms with Gasteiger partial charge in [0.2, 0.25) is 5.95 Å². The number of rotatable bonds is 7. The van der Waals surface area contributed by atoms with Crippen LogP contribution in [-0.2, 0) is 9.53 Å². The number of anilines is 2. The molecule has 1 fully saturated rings. The van der Waals surface area contributed by atoms with Crippen molar-refractivity contribution in [2.75, 3.05) is 11.1 Å². The maximum absolute atomic E-state index is 12.1. The number of carbonyl (C=O) groups excluding carboxylic acids is 1. The Kier molecular flexibility index (Phi) is 7.80. The van der Waals surface area contributed by atoms with Crippen molar-refractivity contribution in [3.05, 3.63) is 35.5 Å². The van der Waals surface area contributed by atoms with E-state index in [-0.39, 0.29) is 30.0 Å². The van der Waals surface area contributed by atoms with E-state index in [4.69, 9.17) is 27.8 Å². The molecule has 0 spiro atoms. The van der Waals surface area contributed by atoms with Crippen molar-refractivity contribution in [1.82, 2.24) is 9.97 Å². The summed E-state index contributed by atoms with van der Waals surface area (Å²) in [5.41, 5.74) is 11.7. The van der Waals surface area contributed by atoms with Gasteiger partial charge in [-0.25, -0.2) is 4.98 Å². The largest absolute Gasteiger partial charge is 0.461 e. The third kappa shape index (κ3) is 6.23. The van der Waals surface area contributed by atoms with Gasteiger partial charge >= 0.3 is 5.97 Å². The molecule has 0 unspecified atom stereocenters. The number of halogens is 1. The minimum atomic E-state index is -0.572. The second kappa shape index (κ2) is 10.3. The highest BCUT2D eigenvalue weighted by Crippen LogP contribution is 2.34. The lowest BCUT2D eigenvalue weighted by Gasteiger charge is -2.30. The summed E-state index contributed by atoms with van der Waals surface area (Å²) in [7, 11) is 0. The average Bonchev–Trinajstić information content (AvgIpc) is 2.72. The molecule has 7 nitrogen and oxygen atoms in total. The van der Waals surface area contributed by atoms with E-state index < -0.39 is 6.04 Å². The normalized spacial score (nSPS) is 20.0. The van der Waals surface area contributed by atoms with Gasteiger partial charge in [-0.3, -0.25) is 4.79 Å². The zero-order chi connectivity index (χ0) is 21.7. The fourth-order valence-electron chi connectivity index (χ4n) is 3.23. The predicted molar refractivity (Wildman–Crippen MR) is 121 cm³/mol. The van der Waals surface area contributed by atoms with Gasteiger partial charge in [-0.15, -0.1) is 0 Å². The monoisotopic (exact) mass is 449 g/mol. The molecule has 0 bridgehead atoms. The van der Waals surface area contributed by atoms with Crippen LogP contribution in [0.25, 0.3) is 0 Å². The Morgan fingerprint density at radius 3 is 2.53 bits per heavy atom. The number of ether oxygens (including phenoxy) is 1. The smallest absolute Gasteiger partial charge is 0.323 e. The highest BCUT2D eigenvalue weighted by atomic mass is 35.5. The van der Waals surface area contributed by atoms with E-state index >= 15 is 0 Å². The van der Waals surface area contributed by atoms with Gasteiger partial charge in [0, 0.05) is 22.2 Å². The van der Waals surface area contributed by atoms with Crippen LogP contribution in [0.1, 0.15) is 39.5 Å². The molecule has 1 aliphatic carbocycles. The first-order valence-electron chi connectivity index (χ1n) is 10.1. The van der Waals surface area contributed by atoms with E-state index in [1.807, 2.05) is 38.1 Å². The molecule has 30 heavy (non-hydrogen) atoms. The van der Waals surface area contributed by atoms with Crippen LogP contribution >= 0.6 is 23.4 Å². The Morgan fingerprint density at radius 1 is 1.23 bits per heavy atom. The van der Waals surface area contributed by atoms with Crippen molar-refractivity contribution in [3.63, 3.8) is 0 Å². The number of aromatic nitrogens is 2. The minimum Gasteiger partial charge on any atom is -0.461 e. The van der Waals surface area contributed by atoms with Gasteiger partial charge in [0.1, 0.15) is 18.0 Å². The highest BCUT2D eigenvalue weighted by molar-refractivity contribution is 7.99. The van der Waals surface area contributed by atoms with Gasteiger partial charge in [0.25, 0.3) is 0 Å². The van der Waals surface area contributed by atoms with Gasteiger partial charge in [-0.1, -0.05) is 37.2 Å². The van der Waals surface area contributed by atoms with E-state index in [2.05, 4.69) is 15.3 Å². The summed E-state index contributed by atoms with van der Waals surface area (Å²) in [5.74, 6) is 0.690. The first-order chi connectivity index (χ1) is 14.3. The van der Waals surface area contributed by atoms with E-state index in [9.17, 15) is 4.79 Å². The first kappa shape index (κ1) is 22.7. The lowest BCUT2D eigenvalue weighted by atomic mass is 9.93. The van der Waals surface area contributed by atoms with Crippen LogP contribution < -0.4 is 16.8 Å². The Balaban J connectivity index is 1.58. The van der Waals surface area contributed by atoms with Crippen LogP contribution in [-0.4, -0.2) is 34.1 Å². The summed E-state index contributed by atoms with van der Waals surface area (Å²) in [6, 6.07) is 7.25. The van der Waals surface area contributed by atoms with Crippen molar-refractivity contribution in [1.29, 1.82) is 0 Å². The molecule has 162 valence electrons. The van der Waals surface area contributed by atoms with Crippen molar-refractivity contribution >= 4 is 41.1 Å². The Morgan fingerprint density at radius 2 is 1.90 bits per heavy atom. The summed E-state index contributed by atoms with van der Waals surface area (Å²) >= 11 is 7.52. The summed E-state index contributed by atoms with van der Waals surface area (Å²) in [5, 5.41) is 4.19. The number of nitrogen functional groups attached to an aromatic ring is 1. The van der Waals surface area contributed by atoms with Gasteiger partial charge in [0.15, 0.2) is 0 Å². The third-order valence-corrected chi connectivity index (χ3v) is 6.38. The van der Waals surface area contributed by atoms with Gasteiger partial charge in [0.05, 0.1) is 4.90 Å². The Bertz CT molecular complexity index is 857. The molecule has 9 heteroatoms. The molecule has 0 radical (unpaired) electrons. The number of nitrogens with one attached hydrogen (secondary N) is 1. The topological polar surface area (TPSA) is 116 Å². The summed E-state index contributed by atoms with van der Waals surface area (Å²) in [4.78, 5) is 22.6. The van der Waals surface area contributed by atoms with Crippen LogP contribution in [0.2, 0.25) is 5.02 Å². The van der Waals surface area contributed by atoms with Crippen LogP contribution in [0.3, 0.4) is 0 Å². The molecule has 0 amide bonds. The maximum atomic E-state index is 12.1. The zero-order valence-electron chi connectivity index (χ0n) is 17.2. The number of nitrogens with two attached hydrogens (primary N) is 2. The zero-order valence-corrected chi connectivity index (χ0v) is 18.7. The molecule has 1 aromatic heterocycles. The lowest BCUT2D eigenvalue weighted by Crippen LogP contribution is -2.40. The van der Waals surface area contributed by atoms with Gasteiger partial charge in [-0.2, -0.15) is 4.98 Å². The van der Waals surface area contributed by atoms with Crippen molar-refractivity contribution in [2.24, 2.45) is 11.7 Å². The Labute approximate surface area is 186 Å². The maximum Gasteiger partial charge on any atom is 0.323 e. The average molecular weight is 450 g/mol. The third-order valence-electron chi connectivity index (χ3n) is 5.10. The van der Waals surface area contributed by atoms with Gasteiger partial charge in [-0.05, 0) is 55.9 Å². The summed E-state index contributed by atoms with van der Waals surface area (Å²) in [6.45, 7) is 3.83. The number of benzene rings is 1. The molecule has 1 atom stereocenters. The number of nitrogens with zero attached hydrogens (tertiary/aromatic N) is 2. The van der Waals surface area contributed by atoms with Crippen LogP contribution in [0.5, 0.6) is 0 Å². The molecule has 0 saturated heterocycles. The number of hydrogen-bond acceptors (Lipinski definition) is 8. The van der Waals surface area contributed by atoms with Crippen LogP contribution in [0.4, 0.5) is 11.8 Å². The lowest BCUT2D eigenvalue weighted by molar-refractivity contribution is -0.153. The van der Waals surface area contributed by atoms with Crippen molar-refractivity contribution in [2.45, 2.75) is 67.5 Å². The number of hydrogen-bond donors (Lipinski definition) is 3. The van der Waals surface area contributed by atoms with Gasteiger partial charge < -0.3 is 21.5 Å². The number of esters is 1. The highest BCUT2D eigenvalue weighted by Gasteiger charge is 2.27. The molecule has 1 aromatic carbocycles. The van der Waals surface area contributed by atoms with E-state index in [0.717, 1.165) is 35.5 Å². The van der Waals surface area contributed by atoms with Crippen LogP contribution in [0, 0.1) is 5.92 Å². The molecule has 1 saturated carbocycles. The second-order valence-electron chi connectivity index (χ2n) is 7.82. The van der Waals surface area contributed by atoms with E-state index in [1.54, 1.807) is 18.0 Å². The molecular formula is C21H28ClN5O2S. The fourth-order valence-corrected chi connectivity index (χ4v) is 4.18. The summed E-state index contributed by atoms with van der Waals surface area (Å²) in [6.07, 6.45) is 4.94. The number of carbonyl (C=O) groups is 1. The molecule has 1 heterocycles. The summed E-state index contributed by atoms with van der Waals surface area (Å²) < 4.78 is 5.59. The quantitative estimate of drug-likeness (QED) is 0.540. The predicted octanol–water partition coefficient (Wildman–Crippen LogP) is 4.11. The van der Waals surface area contributed by atoms with Crippen molar-refractivity contribution in [3.8, 4) is 0 Å². The molecule has 2 aromatic rings. The van der Waals surface area contributed by atoms with Crippen molar-refractivity contribution < 1.29 is 9.53 Å². The second-order valence-corrected chi connectivity index (χ2v) is 9.37. The minimum absolute atomic E-state index is 0.0651. The molecular weight excluding hydrogens is 422 g/mol. The van der Waals surface area contributed by atoms with E-state index in [0.29, 0.717) is 10.8 Å². The SMILES string of the molecule is CC(C)[C@H](N)C(=O)O[C@H]1CC[C@H](Nc2nc(N)ncc2Sc2ccc(Cl)cc2)CC1. The molecule has 1 aliphatic rings. The Hall–Kier alpha value is -2.03.